The van der Waals surface area contributed by atoms with Crippen LogP contribution in [0.3, 0.4) is 0 Å². The molecule has 1 fully saturated rings. The van der Waals surface area contributed by atoms with Crippen molar-refractivity contribution in [3.05, 3.63) is 82.9 Å². The molecule has 0 radical (unpaired) electrons. The van der Waals surface area contributed by atoms with Gasteiger partial charge in [-0.15, -0.1) is 0 Å². The number of aromatic nitrogens is 2. The van der Waals surface area contributed by atoms with Gasteiger partial charge in [-0.05, 0) is 22.3 Å². The fraction of sp³-hybridized carbons (Fsp3) is 0.385. The molecule has 1 aliphatic heterocycles. The molecule has 0 bridgehead atoms. The van der Waals surface area contributed by atoms with E-state index in [4.69, 9.17) is 14.9 Å². The molecule has 3 aromatic rings. The Morgan fingerprint density at radius 1 is 1.03 bits per heavy atom. The number of ether oxygens (including phenoxy) is 1. The van der Waals surface area contributed by atoms with Crippen molar-refractivity contribution in [3.8, 4) is 0 Å². The van der Waals surface area contributed by atoms with Gasteiger partial charge in [-0.1, -0.05) is 81.4 Å². The Hall–Kier alpha value is -2.82. The Kier molecular flexibility index (Phi) is 6.99. The highest BCUT2D eigenvalue weighted by Crippen LogP contribution is 2.38. The summed E-state index contributed by atoms with van der Waals surface area (Å²) in [5, 5.41) is 23.5. The van der Waals surface area contributed by atoms with Crippen molar-refractivity contribution in [2.75, 3.05) is 12.3 Å². The van der Waals surface area contributed by atoms with Crippen molar-refractivity contribution in [3.63, 3.8) is 0 Å². The molecule has 9 heteroatoms. The van der Waals surface area contributed by atoms with Gasteiger partial charge in [0.25, 0.3) is 8.32 Å². The van der Waals surface area contributed by atoms with Crippen LogP contribution in [0.2, 0.25) is 5.04 Å². The maximum Gasteiger partial charge on any atom is 0.351 e. The van der Waals surface area contributed by atoms with Gasteiger partial charge in [-0.25, -0.2) is 4.79 Å². The van der Waals surface area contributed by atoms with E-state index >= 15 is 0 Å². The number of benzene rings is 2. The maximum absolute atomic E-state index is 12.4. The molecule has 1 aromatic heterocycles. The largest absolute Gasteiger partial charge is 0.405 e. The lowest BCUT2D eigenvalue weighted by molar-refractivity contribution is -0.0527. The molecule has 1 saturated heterocycles. The van der Waals surface area contributed by atoms with Gasteiger partial charge in [0.2, 0.25) is 0 Å². The molecule has 8 nitrogen and oxygen atoms in total. The van der Waals surface area contributed by atoms with Gasteiger partial charge in [-0.2, -0.15) is 4.98 Å². The van der Waals surface area contributed by atoms with E-state index in [1.54, 1.807) is 6.92 Å². The number of nitrogen functional groups attached to an aromatic ring is 1. The number of aliphatic hydroxyl groups is 2. The number of rotatable bonds is 6. The molecule has 4 N–H and O–H groups in total. The first-order chi connectivity index (χ1) is 16.6. The van der Waals surface area contributed by atoms with Crippen LogP contribution >= 0.6 is 0 Å². The van der Waals surface area contributed by atoms with Gasteiger partial charge in [0.1, 0.15) is 24.1 Å². The monoisotopic (exact) mass is 495 g/mol. The normalized spacial score (nSPS) is 22.9. The number of nitrogens with zero attached hydrogens (tertiary/aromatic N) is 2. The minimum absolute atomic E-state index is 0.0398. The molecule has 4 rings (SSSR count). The smallest absolute Gasteiger partial charge is 0.351 e. The minimum Gasteiger partial charge on any atom is -0.405 e. The Bertz CT molecular complexity index is 1170. The Balaban J connectivity index is 1.68. The molecule has 186 valence electrons. The van der Waals surface area contributed by atoms with Crippen molar-refractivity contribution >= 4 is 24.5 Å². The molecule has 4 atom stereocenters. The van der Waals surface area contributed by atoms with Crippen molar-refractivity contribution in [2.45, 2.75) is 57.3 Å². The topological polar surface area (TPSA) is 120 Å². The summed E-state index contributed by atoms with van der Waals surface area (Å²) in [7, 11) is -2.87. The molecule has 0 spiro atoms. The fourth-order valence-corrected chi connectivity index (χ4v) is 9.40. The summed E-state index contributed by atoms with van der Waals surface area (Å²) in [5.74, 6) is 0.117. The lowest BCUT2D eigenvalue weighted by atomic mass is 10.1. The van der Waals surface area contributed by atoms with Crippen LogP contribution in [-0.2, 0) is 9.16 Å². The van der Waals surface area contributed by atoms with Crippen molar-refractivity contribution in [1.29, 1.82) is 0 Å². The van der Waals surface area contributed by atoms with Crippen LogP contribution in [0, 0.1) is 6.92 Å². The molecular formula is C26H33N3O5Si. The van der Waals surface area contributed by atoms with E-state index in [2.05, 4.69) is 50.0 Å². The van der Waals surface area contributed by atoms with Crippen LogP contribution in [-0.4, -0.2) is 53.0 Å². The van der Waals surface area contributed by atoms with Gasteiger partial charge in [0.15, 0.2) is 6.23 Å². The SMILES string of the molecule is Cc1cn([C@@H]2O[C@H](CO[Si](c3ccccc3)(c3ccccc3)C(C)(C)C)[C@@H](O)[C@H]2O)c(=O)nc1N. The maximum atomic E-state index is 12.4. The zero-order chi connectivity index (χ0) is 25.4. The lowest BCUT2D eigenvalue weighted by Crippen LogP contribution is -2.67. The quantitative estimate of drug-likeness (QED) is 0.441. The van der Waals surface area contributed by atoms with Gasteiger partial charge >= 0.3 is 5.69 Å². The van der Waals surface area contributed by atoms with Crippen LogP contribution in [0.25, 0.3) is 0 Å². The predicted molar refractivity (Wildman–Crippen MR) is 137 cm³/mol. The first kappa shape index (κ1) is 25.3. The summed E-state index contributed by atoms with van der Waals surface area (Å²) in [4.78, 5) is 16.2. The molecule has 2 aromatic carbocycles. The van der Waals surface area contributed by atoms with E-state index in [-0.39, 0.29) is 17.5 Å². The second-order valence-electron chi connectivity index (χ2n) is 10.0. The van der Waals surface area contributed by atoms with Gasteiger partial charge < -0.3 is 25.1 Å². The summed E-state index contributed by atoms with van der Waals surface area (Å²) in [5.41, 5.74) is 5.65. The second kappa shape index (κ2) is 9.67. The molecule has 0 unspecified atom stereocenters. The Morgan fingerprint density at radius 2 is 1.57 bits per heavy atom. The summed E-state index contributed by atoms with van der Waals surface area (Å²) < 4.78 is 14.0. The average molecular weight is 496 g/mol. The highest BCUT2D eigenvalue weighted by Gasteiger charge is 2.52. The first-order valence-electron chi connectivity index (χ1n) is 11.7. The predicted octanol–water partition coefficient (Wildman–Crippen LogP) is 1.33. The second-order valence-corrected chi connectivity index (χ2v) is 14.3. The van der Waals surface area contributed by atoms with E-state index in [0.29, 0.717) is 5.56 Å². The molecule has 0 aliphatic carbocycles. The third-order valence-electron chi connectivity index (χ3n) is 6.67. The number of anilines is 1. The molecule has 2 heterocycles. The highest BCUT2D eigenvalue weighted by atomic mass is 28.4. The van der Waals surface area contributed by atoms with E-state index < -0.39 is 38.5 Å². The number of nitrogens with two attached hydrogens (primary N) is 1. The standard InChI is InChI=1S/C26H33N3O5Si/c1-17-15-29(25(32)28-23(17)27)24-22(31)21(30)20(34-24)16-33-35(26(2,3)4,18-11-7-5-8-12-18)19-13-9-6-10-14-19/h5-15,20-22,24,30-31H,16H2,1-4H3,(H2,27,28,32)/t20-,21-,22-,24-/m1/s1. The summed E-state index contributed by atoms with van der Waals surface area (Å²) >= 11 is 0. The number of hydrogen-bond donors (Lipinski definition) is 3. The third-order valence-corrected chi connectivity index (χ3v) is 11.7. The van der Waals surface area contributed by atoms with Crippen LogP contribution in [0.4, 0.5) is 5.82 Å². The zero-order valence-corrected chi connectivity index (χ0v) is 21.5. The summed E-state index contributed by atoms with van der Waals surface area (Å²) in [6.07, 6.45) is -3.04. The van der Waals surface area contributed by atoms with Gasteiger partial charge in [0.05, 0.1) is 6.61 Å². The fourth-order valence-electron chi connectivity index (χ4n) is 4.83. The average Bonchev–Trinajstić information content (AvgIpc) is 3.11. The zero-order valence-electron chi connectivity index (χ0n) is 20.5. The molecule has 35 heavy (non-hydrogen) atoms. The summed E-state index contributed by atoms with van der Waals surface area (Å²) in [6, 6.07) is 20.3. The van der Waals surface area contributed by atoms with Crippen molar-refractivity contribution in [2.24, 2.45) is 0 Å². The number of aliphatic hydroxyl groups excluding tert-OH is 2. The van der Waals surface area contributed by atoms with Crippen LogP contribution in [0.1, 0.15) is 32.6 Å². The van der Waals surface area contributed by atoms with Crippen molar-refractivity contribution < 1.29 is 19.4 Å². The Labute approximate surface area is 206 Å². The lowest BCUT2D eigenvalue weighted by Gasteiger charge is -2.43. The molecule has 0 saturated carbocycles. The molecule has 0 amide bonds. The van der Waals surface area contributed by atoms with Gasteiger partial charge in [0, 0.05) is 11.8 Å². The molecule has 1 aliphatic rings. The minimum atomic E-state index is -2.87. The van der Waals surface area contributed by atoms with E-state index in [9.17, 15) is 15.0 Å². The van der Waals surface area contributed by atoms with E-state index in [1.165, 1.54) is 10.8 Å². The summed E-state index contributed by atoms with van der Waals surface area (Å²) in [6.45, 7) is 8.22. The van der Waals surface area contributed by atoms with Crippen molar-refractivity contribution in [1.82, 2.24) is 9.55 Å². The third kappa shape index (κ3) is 4.57. The number of aryl methyl sites for hydroxylation is 1. The first-order valence-corrected chi connectivity index (χ1v) is 13.6. The van der Waals surface area contributed by atoms with Crippen LogP contribution in [0.5, 0.6) is 0 Å². The van der Waals surface area contributed by atoms with E-state index in [1.807, 2.05) is 36.4 Å². The molecular weight excluding hydrogens is 462 g/mol. The Morgan fingerprint density at radius 3 is 2.09 bits per heavy atom. The highest BCUT2D eigenvalue weighted by molar-refractivity contribution is 6.99. The van der Waals surface area contributed by atoms with E-state index in [0.717, 1.165) is 10.4 Å². The van der Waals surface area contributed by atoms with Crippen LogP contribution in [0.15, 0.2) is 71.7 Å². The number of hydrogen-bond acceptors (Lipinski definition) is 7. The van der Waals surface area contributed by atoms with Crippen LogP contribution < -0.4 is 21.8 Å². The van der Waals surface area contributed by atoms with Gasteiger partial charge in [-0.3, -0.25) is 4.57 Å².